The average Bonchev–Trinajstić information content (AvgIpc) is 3.04. The van der Waals surface area contributed by atoms with E-state index >= 15 is 0 Å². The van der Waals surface area contributed by atoms with Gasteiger partial charge in [-0.3, -0.25) is 19.3 Å². The number of fused-ring (bicyclic) bond motifs is 1. The lowest BCUT2D eigenvalue weighted by atomic mass is 9.98. The van der Waals surface area contributed by atoms with E-state index in [1.165, 1.54) is 12.1 Å². The Balaban J connectivity index is 1.81. The Morgan fingerprint density at radius 2 is 1.47 bits per heavy atom. The number of carbonyl (C=O) groups excluding carboxylic acids is 3. The summed E-state index contributed by atoms with van der Waals surface area (Å²) in [7, 11) is 0. The number of aliphatic carboxylic acids is 1. The fraction of sp³-hybridized carbons (Fsp3) is 0.429. The molecule has 0 bridgehead atoms. The van der Waals surface area contributed by atoms with Gasteiger partial charge in [-0.05, 0) is 56.4 Å². The van der Waals surface area contributed by atoms with Gasteiger partial charge in [-0.25, -0.2) is 4.79 Å². The molecule has 36 heavy (non-hydrogen) atoms. The molecule has 1 heterocycles. The minimum absolute atomic E-state index is 0.0556. The molecule has 0 spiro atoms. The first-order valence-electron chi connectivity index (χ1n) is 12.1. The molecule has 0 fully saturated rings. The van der Waals surface area contributed by atoms with E-state index in [0.717, 1.165) is 10.5 Å². The standard InChI is InChI=1S/C28H34N2O6/c1-17(2)14-22(27(35)36-28(3,4)5)29-16-19-11-7-6-10-18(19)15-23(26(33)34)30-24(31)20-12-8-9-13-21(20)25(30)32/h6-13,17,22-23,29H,14-16H2,1-5H3,(H,33,34). The first-order chi connectivity index (χ1) is 16.9. The minimum Gasteiger partial charge on any atom is -0.480 e. The van der Waals surface area contributed by atoms with Crippen LogP contribution in [0.3, 0.4) is 0 Å². The molecule has 0 saturated carbocycles. The molecule has 0 saturated heterocycles. The van der Waals surface area contributed by atoms with E-state index in [0.29, 0.717) is 18.5 Å². The number of ether oxygens (including phenoxy) is 1. The van der Waals surface area contributed by atoms with Gasteiger partial charge in [-0.1, -0.05) is 50.2 Å². The summed E-state index contributed by atoms with van der Waals surface area (Å²) in [5.74, 6) is -2.58. The topological polar surface area (TPSA) is 113 Å². The summed E-state index contributed by atoms with van der Waals surface area (Å²) in [5.41, 5.74) is 1.24. The molecule has 1 aliphatic rings. The van der Waals surface area contributed by atoms with Crippen LogP contribution >= 0.6 is 0 Å². The minimum atomic E-state index is -1.36. The van der Waals surface area contributed by atoms with E-state index < -0.39 is 35.5 Å². The maximum Gasteiger partial charge on any atom is 0.327 e. The van der Waals surface area contributed by atoms with Crippen LogP contribution in [-0.4, -0.2) is 51.4 Å². The lowest BCUT2D eigenvalue weighted by molar-refractivity contribution is -0.158. The summed E-state index contributed by atoms with van der Waals surface area (Å²) in [5, 5.41) is 13.2. The smallest absolute Gasteiger partial charge is 0.327 e. The molecule has 1 aliphatic heterocycles. The Bertz CT molecular complexity index is 1120. The molecule has 2 unspecified atom stereocenters. The zero-order valence-electron chi connectivity index (χ0n) is 21.4. The zero-order chi connectivity index (χ0) is 26.6. The summed E-state index contributed by atoms with van der Waals surface area (Å²) >= 11 is 0. The van der Waals surface area contributed by atoms with Crippen LogP contribution in [0.2, 0.25) is 0 Å². The zero-order valence-corrected chi connectivity index (χ0v) is 21.4. The fourth-order valence-corrected chi connectivity index (χ4v) is 4.26. The lowest BCUT2D eigenvalue weighted by Crippen LogP contribution is -2.46. The van der Waals surface area contributed by atoms with E-state index in [4.69, 9.17) is 4.74 Å². The highest BCUT2D eigenvalue weighted by molar-refractivity contribution is 6.22. The highest BCUT2D eigenvalue weighted by Crippen LogP contribution is 2.27. The molecule has 8 heteroatoms. The highest BCUT2D eigenvalue weighted by atomic mass is 16.6. The molecule has 2 atom stereocenters. The number of benzene rings is 2. The number of nitrogens with one attached hydrogen (secondary N) is 1. The van der Waals surface area contributed by atoms with E-state index in [2.05, 4.69) is 5.32 Å². The second-order valence-corrected chi connectivity index (χ2v) is 10.4. The van der Waals surface area contributed by atoms with Crippen molar-refractivity contribution >= 4 is 23.8 Å². The van der Waals surface area contributed by atoms with Crippen molar-refractivity contribution in [3.05, 3.63) is 70.8 Å². The average molecular weight is 495 g/mol. The Morgan fingerprint density at radius 3 is 1.97 bits per heavy atom. The first-order valence-corrected chi connectivity index (χ1v) is 12.1. The molecule has 2 aromatic carbocycles. The van der Waals surface area contributed by atoms with Gasteiger partial charge in [-0.2, -0.15) is 0 Å². The second kappa shape index (κ2) is 11.0. The maximum absolute atomic E-state index is 12.9. The van der Waals surface area contributed by atoms with E-state index in [1.807, 2.05) is 46.8 Å². The summed E-state index contributed by atoms with van der Waals surface area (Å²) in [6.45, 7) is 9.79. The monoisotopic (exact) mass is 494 g/mol. The van der Waals surface area contributed by atoms with E-state index in [-0.39, 0.29) is 29.4 Å². The molecule has 8 nitrogen and oxygen atoms in total. The number of esters is 1. The van der Waals surface area contributed by atoms with Crippen LogP contribution in [0.15, 0.2) is 48.5 Å². The number of carboxylic acids is 1. The Morgan fingerprint density at radius 1 is 0.944 bits per heavy atom. The van der Waals surface area contributed by atoms with Gasteiger partial charge < -0.3 is 15.2 Å². The quantitative estimate of drug-likeness (QED) is 0.381. The van der Waals surface area contributed by atoms with E-state index in [9.17, 15) is 24.3 Å². The molecule has 3 rings (SSSR count). The molecule has 2 N–H and O–H groups in total. The van der Waals surface area contributed by atoms with Gasteiger partial charge in [0.1, 0.15) is 17.7 Å². The van der Waals surface area contributed by atoms with Gasteiger partial charge in [0.05, 0.1) is 11.1 Å². The third-order valence-corrected chi connectivity index (χ3v) is 5.89. The van der Waals surface area contributed by atoms with Crippen LogP contribution in [0.1, 0.15) is 72.9 Å². The second-order valence-electron chi connectivity index (χ2n) is 10.4. The number of rotatable bonds is 10. The van der Waals surface area contributed by atoms with Gasteiger partial charge in [0.2, 0.25) is 0 Å². The largest absolute Gasteiger partial charge is 0.480 e. The first kappa shape index (κ1) is 27.1. The van der Waals surface area contributed by atoms with Crippen LogP contribution < -0.4 is 5.32 Å². The summed E-state index contributed by atoms with van der Waals surface area (Å²) < 4.78 is 5.58. The van der Waals surface area contributed by atoms with Gasteiger partial charge in [-0.15, -0.1) is 0 Å². The summed E-state index contributed by atoms with van der Waals surface area (Å²) in [4.78, 5) is 51.7. The third kappa shape index (κ3) is 6.37. The van der Waals surface area contributed by atoms with Crippen LogP contribution in [-0.2, 0) is 27.3 Å². The number of carboxylic acid groups (broad SMARTS) is 1. The summed E-state index contributed by atoms with van der Waals surface area (Å²) in [6.07, 6.45) is 0.518. The molecule has 0 aliphatic carbocycles. The number of hydrogen-bond acceptors (Lipinski definition) is 6. The van der Waals surface area contributed by atoms with Crippen LogP contribution in [0.4, 0.5) is 0 Å². The van der Waals surface area contributed by atoms with E-state index in [1.54, 1.807) is 24.3 Å². The number of imide groups is 1. The summed E-state index contributed by atoms with van der Waals surface area (Å²) in [6, 6.07) is 11.6. The maximum atomic E-state index is 12.9. The number of hydrogen-bond donors (Lipinski definition) is 2. The molecule has 2 aromatic rings. The Kier molecular flexibility index (Phi) is 8.30. The van der Waals surface area contributed by atoms with Crippen molar-refractivity contribution in [3.63, 3.8) is 0 Å². The fourth-order valence-electron chi connectivity index (χ4n) is 4.26. The van der Waals surface area contributed by atoms with Crippen molar-refractivity contribution in [2.24, 2.45) is 5.92 Å². The third-order valence-electron chi connectivity index (χ3n) is 5.89. The molecular formula is C28H34N2O6. The lowest BCUT2D eigenvalue weighted by Gasteiger charge is -2.26. The van der Waals surface area contributed by atoms with Gasteiger partial charge in [0.15, 0.2) is 0 Å². The van der Waals surface area contributed by atoms with Gasteiger partial charge in [0, 0.05) is 13.0 Å². The predicted molar refractivity (Wildman–Crippen MR) is 134 cm³/mol. The molecule has 0 radical (unpaired) electrons. The number of amides is 2. The molecule has 192 valence electrons. The predicted octanol–water partition coefficient (Wildman–Crippen LogP) is 3.82. The Hall–Kier alpha value is -3.52. The van der Waals surface area contributed by atoms with Gasteiger partial charge in [0.25, 0.3) is 11.8 Å². The molecule has 0 aromatic heterocycles. The number of nitrogens with zero attached hydrogens (tertiary/aromatic N) is 1. The van der Waals surface area contributed by atoms with Crippen LogP contribution in [0.5, 0.6) is 0 Å². The van der Waals surface area contributed by atoms with Crippen molar-refractivity contribution in [1.82, 2.24) is 10.2 Å². The van der Waals surface area contributed by atoms with Crippen molar-refractivity contribution in [1.29, 1.82) is 0 Å². The van der Waals surface area contributed by atoms with Crippen molar-refractivity contribution in [3.8, 4) is 0 Å². The molecular weight excluding hydrogens is 460 g/mol. The van der Waals surface area contributed by atoms with Gasteiger partial charge >= 0.3 is 11.9 Å². The van der Waals surface area contributed by atoms with Crippen molar-refractivity contribution < 1.29 is 29.0 Å². The van der Waals surface area contributed by atoms with Crippen LogP contribution in [0.25, 0.3) is 0 Å². The van der Waals surface area contributed by atoms with Crippen molar-refractivity contribution in [2.75, 3.05) is 0 Å². The molecule has 2 amide bonds. The normalized spacial score (nSPS) is 15.1. The SMILES string of the molecule is CC(C)CC(NCc1ccccc1CC(C(=O)O)N1C(=O)c2ccccc2C1=O)C(=O)OC(C)(C)C. The number of carbonyl (C=O) groups is 4. The van der Waals surface area contributed by atoms with Crippen LogP contribution in [0, 0.1) is 5.92 Å². The van der Waals surface area contributed by atoms with Crippen molar-refractivity contribution in [2.45, 2.75) is 71.7 Å². The highest BCUT2D eigenvalue weighted by Gasteiger charge is 2.43. The Labute approximate surface area is 211 Å².